The lowest BCUT2D eigenvalue weighted by atomic mass is 10.1. The predicted octanol–water partition coefficient (Wildman–Crippen LogP) is 3.56. The molecule has 10 heteroatoms. The first-order valence-corrected chi connectivity index (χ1v) is 9.98. The summed E-state index contributed by atoms with van der Waals surface area (Å²) in [5.74, 6) is -0.563. The molecule has 28 heavy (non-hydrogen) atoms. The molecule has 6 nitrogen and oxygen atoms in total. The number of tetrazole rings is 1. The van der Waals surface area contributed by atoms with Gasteiger partial charge in [0.15, 0.2) is 0 Å². The number of aromatic nitrogens is 4. The van der Waals surface area contributed by atoms with Gasteiger partial charge in [0, 0.05) is 6.04 Å². The van der Waals surface area contributed by atoms with E-state index < -0.39 is 24.7 Å². The largest absolute Gasteiger partial charge is 0.406 e. The molecule has 1 atom stereocenters. The van der Waals surface area contributed by atoms with Crippen LogP contribution in [-0.4, -0.2) is 55.5 Å². The molecule has 1 fully saturated rings. The summed E-state index contributed by atoms with van der Waals surface area (Å²) in [5, 5.41) is 11.9. The number of aryl methyl sites for hydroxylation is 2. The van der Waals surface area contributed by atoms with E-state index in [1.807, 2.05) is 32.0 Å². The highest BCUT2D eigenvalue weighted by molar-refractivity contribution is 7.99. The third-order valence-electron chi connectivity index (χ3n) is 4.68. The molecule has 1 amide bonds. The van der Waals surface area contributed by atoms with Crippen LogP contribution in [0.2, 0.25) is 0 Å². The van der Waals surface area contributed by atoms with Crippen molar-refractivity contribution in [2.24, 2.45) is 5.92 Å². The van der Waals surface area contributed by atoms with E-state index in [2.05, 4.69) is 15.5 Å². The highest BCUT2D eigenvalue weighted by atomic mass is 32.2. The van der Waals surface area contributed by atoms with Gasteiger partial charge in [0.05, 0.1) is 11.4 Å². The number of carbonyl (C=O) groups excluding carboxylic acids is 1. The minimum absolute atomic E-state index is 0.150. The molecular formula is C18H22F3N5OS. The van der Waals surface area contributed by atoms with Crippen LogP contribution >= 0.6 is 11.8 Å². The molecule has 0 radical (unpaired) electrons. The van der Waals surface area contributed by atoms with Crippen LogP contribution in [0.25, 0.3) is 5.69 Å². The summed E-state index contributed by atoms with van der Waals surface area (Å²) in [6.07, 6.45) is -2.70. The summed E-state index contributed by atoms with van der Waals surface area (Å²) in [5.41, 5.74) is 2.82. The van der Waals surface area contributed by atoms with Crippen LogP contribution in [0, 0.1) is 19.8 Å². The summed E-state index contributed by atoms with van der Waals surface area (Å²) in [6.45, 7) is 4.36. The van der Waals surface area contributed by atoms with Gasteiger partial charge >= 0.3 is 6.18 Å². The molecule has 1 heterocycles. The van der Waals surface area contributed by atoms with Crippen molar-refractivity contribution < 1.29 is 18.0 Å². The van der Waals surface area contributed by atoms with Crippen molar-refractivity contribution in [3.8, 4) is 5.69 Å². The highest BCUT2D eigenvalue weighted by Gasteiger charge is 2.40. The molecule has 0 aliphatic heterocycles. The fraction of sp³-hybridized carbons (Fsp3) is 0.556. The highest BCUT2D eigenvalue weighted by Crippen LogP contribution is 2.36. The van der Waals surface area contributed by atoms with Crippen LogP contribution in [0.4, 0.5) is 13.2 Å². The first-order valence-electron chi connectivity index (χ1n) is 9.00. The van der Waals surface area contributed by atoms with Crippen LogP contribution < -0.4 is 0 Å². The Morgan fingerprint density at radius 1 is 1.29 bits per heavy atom. The number of alkyl halides is 3. The Bertz CT molecular complexity index is 830. The van der Waals surface area contributed by atoms with Gasteiger partial charge in [0.25, 0.3) is 0 Å². The van der Waals surface area contributed by atoms with E-state index in [4.69, 9.17) is 0 Å². The Morgan fingerprint density at radius 2 is 1.93 bits per heavy atom. The zero-order chi connectivity index (χ0) is 20.5. The van der Waals surface area contributed by atoms with Gasteiger partial charge in [-0.1, -0.05) is 17.8 Å². The number of amides is 1. The molecule has 0 bridgehead atoms. The lowest BCUT2D eigenvalue weighted by Crippen LogP contribution is -2.46. The molecule has 1 aliphatic rings. The van der Waals surface area contributed by atoms with Crippen molar-refractivity contribution in [1.29, 1.82) is 0 Å². The van der Waals surface area contributed by atoms with Gasteiger partial charge in [-0.25, -0.2) is 0 Å². The average molecular weight is 413 g/mol. The fourth-order valence-corrected chi connectivity index (χ4v) is 3.98. The molecule has 0 N–H and O–H groups in total. The Kier molecular flexibility index (Phi) is 5.97. The maximum atomic E-state index is 12.9. The Balaban J connectivity index is 1.72. The maximum absolute atomic E-state index is 12.9. The average Bonchev–Trinajstić information content (AvgIpc) is 3.33. The van der Waals surface area contributed by atoms with Crippen molar-refractivity contribution >= 4 is 17.7 Å². The molecular weight excluding hydrogens is 391 g/mol. The van der Waals surface area contributed by atoms with Crippen LogP contribution in [-0.2, 0) is 4.79 Å². The molecule has 1 aromatic heterocycles. The topological polar surface area (TPSA) is 63.9 Å². The van der Waals surface area contributed by atoms with Gasteiger partial charge in [-0.3, -0.25) is 4.79 Å². The number of benzene rings is 1. The van der Waals surface area contributed by atoms with E-state index in [9.17, 15) is 18.0 Å². The molecule has 1 aromatic carbocycles. The van der Waals surface area contributed by atoms with Crippen molar-refractivity contribution in [3.05, 3.63) is 29.3 Å². The second-order valence-electron chi connectivity index (χ2n) is 7.22. The van der Waals surface area contributed by atoms with Crippen molar-refractivity contribution in [1.82, 2.24) is 25.1 Å². The number of hydrogen-bond acceptors (Lipinski definition) is 5. The SMILES string of the molecule is Cc1cc(C)cc(-n2nnnc2SCC(=O)N(CC(F)(F)F)[C@@H](C)C2CC2)c1. The number of halogens is 3. The number of nitrogens with zero attached hydrogens (tertiary/aromatic N) is 5. The van der Waals surface area contributed by atoms with Crippen molar-refractivity contribution in [3.63, 3.8) is 0 Å². The summed E-state index contributed by atoms with van der Waals surface area (Å²) in [6, 6.07) is 5.39. The Labute approximate surface area is 165 Å². The van der Waals surface area contributed by atoms with Crippen LogP contribution in [0.5, 0.6) is 0 Å². The van der Waals surface area contributed by atoms with Crippen LogP contribution in [0.15, 0.2) is 23.4 Å². The molecule has 0 unspecified atom stereocenters. The van der Waals surface area contributed by atoms with E-state index >= 15 is 0 Å². The summed E-state index contributed by atoms with van der Waals surface area (Å²) in [7, 11) is 0. The lowest BCUT2D eigenvalue weighted by Gasteiger charge is -2.30. The van der Waals surface area contributed by atoms with E-state index in [1.165, 1.54) is 4.68 Å². The third kappa shape index (κ3) is 5.24. The van der Waals surface area contributed by atoms with E-state index in [0.717, 1.165) is 46.3 Å². The van der Waals surface area contributed by atoms with E-state index in [1.54, 1.807) is 6.92 Å². The Hall–Kier alpha value is -2.10. The standard InChI is InChI=1S/C18H22F3N5OS/c1-11-6-12(2)8-15(7-11)26-17(22-23-24-26)28-9-16(27)25(10-18(19,20)21)13(3)14-4-5-14/h6-8,13-14H,4-5,9-10H2,1-3H3/t13-/m0/s1. The molecule has 3 rings (SSSR count). The van der Waals surface area contributed by atoms with Gasteiger partial charge in [-0.2, -0.15) is 17.9 Å². The molecule has 2 aromatic rings. The first kappa shape index (κ1) is 20.6. The van der Waals surface area contributed by atoms with Gasteiger partial charge in [-0.15, -0.1) is 5.10 Å². The monoisotopic (exact) mass is 413 g/mol. The second-order valence-corrected chi connectivity index (χ2v) is 8.17. The van der Waals surface area contributed by atoms with Crippen LogP contribution in [0.1, 0.15) is 30.9 Å². The van der Waals surface area contributed by atoms with E-state index in [-0.39, 0.29) is 11.7 Å². The number of thioether (sulfide) groups is 1. The summed E-state index contributed by atoms with van der Waals surface area (Å²) in [4.78, 5) is 13.5. The van der Waals surface area contributed by atoms with Crippen molar-refractivity contribution in [2.45, 2.75) is 51.0 Å². The van der Waals surface area contributed by atoms with Crippen molar-refractivity contribution in [2.75, 3.05) is 12.3 Å². The normalized spacial score (nSPS) is 15.5. The zero-order valence-electron chi connectivity index (χ0n) is 15.9. The Morgan fingerprint density at radius 3 is 2.50 bits per heavy atom. The number of hydrogen-bond donors (Lipinski definition) is 0. The smallest absolute Gasteiger partial charge is 0.330 e. The third-order valence-corrected chi connectivity index (χ3v) is 5.59. The second kappa shape index (κ2) is 8.10. The van der Waals surface area contributed by atoms with Gasteiger partial charge in [-0.05, 0) is 73.2 Å². The van der Waals surface area contributed by atoms with Gasteiger partial charge < -0.3 is 4.90 Å². The lowest BCUT2D eigenvalue weighted by molar-refractivity contribution is -0.164. The minimum atomic E-state index is -4.43. The molecule has 1 saturated carbocycles. The minimum Gasteiger partial charge on any atom is -0.330 e. The van der Waals surface area contributed by atoms with Gasteiger partial charge in [0.2, 0.25) is 11.1 Å². The number of carbonyl (C=O) groups is 1. The zero-order valence-corrected chi connectivity index (χ0v) is 16.7. The molecule has 0 spiro atoms. The van der Waals surface area contributed by atoms with Gasteiger partial charge in [0.1, 0.15) is 6.54 Å². The first-order chi connectivity index (χ1) is 13.1. The maximum Gasteiger partial charge on any atom is 0.406 e. The van der Waals surface area contributed by atoms with Crippen LogP contribution in [0.3, 0.4) is 0 Å². The molecule has 1 aliphatic carbocycles. The predicted molar refractivity (Wildman–Crippen MR) is 99.3 cm³/mol. The van der Waals surface area contributed by atoms with E-state index in [0.29, 0.717) is 5.16 Å². The number of rotatable bonds is 7. The molecule has 0 saturated heterocycles. The molecule has 152 valence electrons. The summed E-state index contributed by atoms with van der Waals surface area (Å²) < 4.78 is 40.3. The fourth-order valence-electron chi connectivity index (χ4n) is 3.20. The quantitative estimate of drug-likeness (QED) is 0.650. The summed E-state index contributed by atoms with van der Waals surface area (Å²) >= 11 is 1.04.